The largest absolute Gasteiger partial charge is 0.412 e. The molecule has 0 spiro atoms. The van der Waals surface area contributed by atoms with Crippen molar-refractivity contribution in [1.82, 2.24) is 0 Å². The maximum Gasteiger partial charge on any atom is 0.0192 e. The molecule has 0 aromatic carbocycles. The Morgan fingerprint density at radius 2 is 0.917 bits per heavy atom. The van der Waals surface area contributed by atoms with E-state index >= 15 is 0 Å². The predicted molar refractivity (Wildman–Crippen MR) is 48.9 cm³/mol. The first kappa shape index (κ1) is 22.6. The van der Waals surface area contributed by atoms with Gasteiger partial charge in [0.05, 0.1) is 0 Å². The Hall–Kier alpha value is -0.240. The minimum Gasteiger partial charge on any atom is -0.412 e. The van der Waals surface area contributed by atoms with Crippen LogP contribution in [0.1, 0.15) is 25.7 Å². The van der Waals surface area contributed by atoms with Crippen LogP contribution < -0.4 is 11.5 Å². The van der Waals surface area contributed by atoms with E-state index in [-0.39, 0.29) is 34.0 Å². The molecule has 1 rings (SSSR count). The highest BCUT2D eigenvalue weighted by Gasteiger charge is 2.16. The van der Waals surface area contributed by atoms with Crippen LogP contribution in [0.5, 0.6) is 0 Å². The molecule has 0 aromatic rings. The van der Waals surface area contributed by atoms with Gasteiger partial charge in [-0.25, -0.2) is 0 Å². The zero-order chi connectivity index (χ0) is 5.98. The Morgan fingerprint density at radius 3 is 1.08 bits per heavy atom. The Bertz CT molecular complexity index is 73.9. The second-order valence-electron chi connectivity index (χ2n) is 2.61. The van der Waals surface area contributed by atoms with Gasteiger partial charge in [-0.15, -0.1) is 0 Å². The molecule has 1 saturated carbocycles. The average Bonchev–Trinajstić information content (AvgIpc) is 1.77. The fraction of sp³-hybridized carbons (Fsp3) is 1.00. The molecule has 12 heavy (non-hydrogen) atoms. The van der Waals surface area contributed by atoms with Crippen LogP contribution in [0.3, 0.4) is 0 Å². The normalized spacial score (nSPS) is 26.5. The van der Waals surface area contributed by atoms with Crippen molar-refractivity contribution in [2.24, 2.45) is 11.5 Å². The second kappa shape index (κ2) is 10.8. The Kier molecular flexibility index (Phi) is 20.3. The highest BCUT2D eigenvalue weighted by atomic mass is 16.0. The van der Waals surface area contributed by atoms with Gasteiger partial charge in [0.1, 0.15) is 0 Å². The van der Waals surface area contributed by atoms with Gasteiger partial charge in [0.25, 0.3) is 0 Å². The van der Waals surface area contributed by atoms with E-state index in [2.05, 4.69) is 0 Å². The monoisotopic (exact) mass is 186 g/mol. The molecule has 2 unspecified atom stereocenters. The van der Waals surface area contributed by atoms with Crippen LogP contribution in [0.25, 0.3) is 0 Å². The van der Waals surface area contributed by atoms with E-state index in [0.717, 1.165) is 12.8 Å². The van der Waals surface area contributed by atoms with Gasteiger partial charge in [0.15, 0.2) is 0 Å². The summed E-state index contributed by atoms with van der Waals surface area (Å²) in [6, 6.07) is 0.562. The maximum absolute atomic E-state index is 5.65. The smallest absolute Gasteiger partial charge is 0.0192 e. The summed E-state index contributed by atoms with van der Waals surface area (Å²) in [4.78, 5) is 0. The molecule has 0 radical (unpaired) electrons. The minimum atomic E-state index is 0. The molecule has 0 amide bonds. The van der Waals surface area contributed by atoms with E-state index in [1.165, 1.54) is 12.8 Å². The summed E-state index contributed by atoms with van der Waals surface area (Å²) in [5.74, 6) is 0. The zero-order valence-electron chi connectivity index (χ0n) is 7.14. The third-order valence-corrected chi connectivity index (χ3v) is 1.87. The van der Waals surface area contributed by atoms with Crippen molar-refractivity contribution < 1.29 is 21.9 Å². The standard InChI is InChI=1S/C6H14N2.4H2O/c7-5-3-1-2-4-6(5)8;;;;/h5-6H,1-4,7-8H2;4*1H2. The predicted octanol–water partition coefficient (Wildman–Crippen LogP) is -3.08. The summed E-state index contributed by atoms with van der Waals surface area (Å²) >= 11 is 0. The first-order valence-electron chi connectivity index (χ1n) is 3.32. The summed E-state index contributed by atoms with van der Waals surface area (Å²) in [6.45, 7) is 0. The lowest BCUT2D eigenvalue weighted by Crippen LogP contribution is -2.43. The van der Waals surface area contributed by atoms with Crippen molar-refractivity contribution in [1.29, 1.82) is 0 Å². The highest BCUT2D eigenvalue weighted by Crippen LogP contribution is 2.14. The van der Waals surface area contributed by atoms with Gasteiger partial charge in [-0.05, 0) is 12.8 Å². The van der Waals surface area contributed by atoms with Crippen molar-refractivity contribution >= 4 is 0 Å². The van der Waals surface area contributed by atoms with Crippen LogP contribution >= 0.6 is 0 Å². The topological polar surface area (TPSA) is 178 Å². The Balaban J connectivity index is -0.0000000800. The fourth-order valence-electron chi connectivity index (χ4n) is 1.19. The van der Waals surface area contributed by atoms with Crippen molar-refractivity contribution in [3.05, 3.63) is 0 Å². The lowest BCUT2D eigenvalue weighted by Gasteiger charge is -2.24. The molecule has 0 saturated heterocycles. The fourth-order valence-corrected chi connectivity index (χ4v) is 1.19. The number of rotatable bonds is 0. The van der Waals surface area contributed by atoms with Gasteiger partial charge in [-0.2, -0.15) is 0 Å². The summed E-state index contributed by atoms with van der Waals surface area (Å²) < 4.78 is 0. The molecule has 12 N–H and O–H groups in total. The van der Waals surface area contributed by atoms with E-state index < -0.39 is 0 Å². The highest BCUT2D eigenvalue weighted by molar-refractivity contribution is 4.79. The molecule has 1 aliphatic rings. The van der Waals surface area contributed by atoms with Gasteiger partial charge < -0.3 is 33.4 Å². The molecule has 0 bridgehead atoms. The molecule has 0 aromatic heterocycles. The first-order valence-corrected chi connectivity index (χ1v) is 3.32. The molecular weight excluding hydrogens is 164 g/mol. The molecule has 0 aliphatic heterocycles. The van der Waals surface area contributed by atoms with Crippen LogP contribution in [0.15, 0.2) is 0 Å². The zero-order valence-corrected chi connectivity index (χ0v) is 7.14. The summed E-state index contributed by atoms with van der Waals surface area (Å²) in [5, 5.41) is 0. The van der Waals surface area contributed by atoms with Gasteiger partial charge in [0.2, 0.25) is 0 Å². The van der Waals surface area contributed by atoms with Crippen molar-refractivity contribution in [2.75, 3.05) is 0 Å². The van der Waals surface area contributed by atoms with E-state index in [9.17, 15) is 0 Å². The summed E-state index contributed by atoms with van der Waals surface area (Å²) in [5.41, 5.74) is 11.3. The van der Waals surface area contributed by atoms with Crippen LogP contribution in [0.2, 0.25) is 0 Å². The van der Waals surface area contributed by atoms with Crippen LogP contribution in [0, 0.1) is 0 Å². The molecule has 2 atom stereocenters. The number of hydrogen-bond donors (Lipinski definition) is 2. The molecule has 6 nitrogen and oxygen atoms in total. The third-order valence-electron chi connectivity index (χ3n) is 1.87. The van der Waals surface area contributed by atoms with Gasteiger partial charge in [-0.1, -0.05) is 12.8 Å². The van der Waals surface area contributed by atoms with Crippen molar-refractivity contribution in [3.8, 4) is 0 Å². The van der Waals surface area contributed by atoms with Crippen LogP contribution in [-0.2, 0) is 0 Å². The SMILES string of the molecule is NC1CCCCC1N.O.O.O.O. The quantitative estimate of drug-likeness (QED) is 0.407. The summed E-state index contributed by atoms with van der Waals surface area (Å²) in [7, 11) is 0. The minimum absolute atomic E-state index is 0. The van der Waals surface area contributed by atoms with E-state index in [4.69, 9.17) is 11.5 Å². The molecule has 6 heteroatoms. The Labute approximate surface area is 72.2 Å². The molecule has 1 aliphatic carbocycles. The number of nitrogens with two attached hydrogens (primary N) is 2. The average molecular weight is 186 g/mol. The Morgan fingerprint density at radius 1 is 0.667 bits per heavy atom. The van der Waals surface area contributed by atoms with E-state index in [1.54, 1.807) is 0 Å². The first-order chi connectivity index (χ1) is 3.80. The van der Waals surface area contributed by atoms with E-state index in [1.807, 2.05) is 0 Å². The second-order valence-corrected chi connectivity index (χ2v) is 2.61. The van der Waals surface area contributed by atoms with Crippen molar-refractivity contribution in [3.63, 3.8) is 0 Å². The van der Waals surface area contributed by atoms with Crippen molar-refractivity contribution in [2.45, 2.75) is 37.8 Å². The van der Waals surface area contributed by atoms with Gasteiger partial charge in [-0.3, -0.25) is 0 Å². The van der Waals surface area contributed by atoms with Gasteiger partial charge >= 0.3 is 0 Å². The maximum atomic E-state index is 5.65. The molecule has 0 heterocycles. The molecule has 1 fully saturated rings. The lowest BCUT2D eigenvalue weighted by atomic mass is 9.92. The third kappa shape index (κ3) is 6.47. The van der Waals surface area contributed by atoms with Crippen LogP contribution in [0.4, 0.5) is 0 Å². The lowest BCUT2D eigenvalue weighted by molar-refractivity contribution is 0.385. The van der Waals surface area contributed by atoms with E-state index in [0.29, 0.717) is 0 Å². The summed E-state index contributed by atoms with van der Waals surface area (Å²) in [6.07, 6.45) is 4.80. The molecule has 80 valence electrons. The number of hydrogen-bond acceptors (Lipinski definition) is 2. The van der Waals surface area contributed by atoms with Gasteiger partial charge in [0, 0.05) is 12.1 Å². The van der Waals surface area contributed by atoms with Crippen LogP contribution in [-0.4, -0.2) is 34.0 Å². The molecular formula is C6H22N2O4.